The van der Waals surface area contributed by atoms with Crippen LogP contribution in [0.5, 0.6) is 0 Å². The molecule has 2 atom stereocenters. The van der Waals surface area contributed by atoms with Gasteiger partial charge in [-0.1, -0.05) is 70.4 Å². The fourth-order valence-electron chi connectivity index (χ4n) is 3.31. The maximum absolute atomic E-state index is 11.8. The summed E-state index contributed by atoms with van der Waals surface area (Å²) in [6.07, 6.45) is 21.3. The van der Waals surface area contributed by atoms with Crippen LogP contribution in [0.25, 0.3) is 0 Å². The van der Waals surface area contributed by atoms with Crippen LogP contribution in [0.4, 0.5) is 0 Å². The molecule has 5 nitrogen and oxygen atoms in total. The van der Waals surface area contributed by atoms with Crippen molar-refractivity contribution in [3.63, 3.8) is 0 Å². The number of allylic oxidation sites excluding steroid dienone is 2. The number of aliphatic hydroxyl groups excluding tert-OH is 1. The van der Waals surface area contributed by atoms with Crippen molar-refractivity contribution >= 4 is 5.91 Å². The molecular formula is C26H51NO4. The Hall–Kier alpha value is -0.910. The molecule has 0 bridgehead atoms. The highest BCUT2D eigenvalue weighted by Gasteiger charge is 2.05. The molecule has 0 aromatic carbocycles. The minimum Gasteiger partial charge on any atom is -0.391 e. The minimum absolute atomic E-state index is 0.0545. The van der Waals surface area contributed by atoms with Crippen LogP contribution in [0, 0.1) is 0 Å². The van der Waals surface area contributed by atoms with Crippen molar-refractivity contribution in [3.05, 3.63) is 12.2 Å². The fraction of sp³-hybridized carbons (Fsp3) is 0.885. The monoisotopic (exact) mass is 441 g/mol. The van der Waals surface area contributed by atoms with E-state index in [0.29, 0.717) is 32.8 Å². The van der Waals surface area contributed by atoms with Gasteiger partial charge >= 0.3 is 0 Å². The van der Waals surface area contributed by atoms with Gasteiger partial charge in [-0.05, 0) is 46.0 Å². The first-order valence-corrected chi connectivity index (χ1v) is 12.8. The third kappa shape index (κ3) is 25.2. The SMILES string of the molecule is CCCCCCCC/C=C\CCCCCCCC(=O)NCCOCC(C)OCC(C)O. The normalized spacial score (nSPS) is 13.5. The number of amides is 1. The lowest BCUT2D eigenvalue weighted by atomic mass is 10.1. The molecule has 1 amide bonds. The molecule has 0 aromatic heterocycles. The van der Waals surface area contributed by atoms with Gasteiger partial charge in [0.1, 0.15) is 0 Å². The largest absolute Gasteiger partial charge is 0.391 e. The first kappa shape index (κ1) is 30.1. The maximum Gasteiger partial charge on any atom is 0.220 e. The van der Waals surface area contributed by atoms with Gasteiger partial charge in [-0.25, -0.2) is 0 Å². The number of ether oxygens (including phenoxy) is 2. The van der Waals surface area contributed by atoms with E-state index in [1.807, 2.05) is 6.92 Å². The Balaban J connectivity index is 3.29. The highest BCUT2D eigenvalue weighted by atomic mass is 16.5. The van der Waals surface area contributed by atoms with Gasteiger partial charge in [0.2, 0.25) is 5.91 Å². The number of aliphatic hydroxyl groups is 1. The zero-order valence-electron chi connectivity index (χ0n) is 20.7. The van der Waals surface area contributed by atoms with E-state index in [1.165, 1.54) is 70.6 Å². The van der Waals surface area contributed by atoms with Crippen molar-refractivity contribution in [1.82, 2.24) is 5.32 Å². The Morgan fingerprint density at radius 1 is 0.871 bits per heavy atom. The molecule has 0 saturated carbocycles. The van der Waals surface area contributed by atoms with Crippen molar-refractivity contribution in [2.24, 2.45) is 0 Å². The van der Waals surface area contributed by atoms with Crippen molar-refractivity contribution in [1.29, 1.82) is 0 Å². The number of hydrogen-bond acceptors (Lipinski definition) is 4. The first-order valence-electron chi connectivity index (χ1n) is 12.8. The smallest absolute Gasteiger partial charge is 0.220 e. The van der Waals surface area contributed by atoms with E-state index >= 15 is 0 Å². The summed E-state index contributed by atoms with van der Waals surface area (Å²) in [4.78, 5) is 11.8. The highest BCUT2D eigenvalue weighted by molar-refractivity contribution is 5.75. The van der Waals surface area contributed by atoms with Crippen LogP contribution in [0.15, 0.2) is 12.2 Å². The van der Waals surface area contributed by atoms with Crippen LogP contribution in [0.3, 0.4) is 0 Å². The van der Waals surface area contributed by atoms with E-state index in [1.54, 1.807) is 6.92 Å². The van der Waals surface area contributed by atoms with Crippen molar-refractivity contribution in [2.75, 3.05) is 26.4 Å². The Morgan fingerprint density at radius 3 is 2.06 bits per heavy atom. The maximum atomic E-state index is 11.8. The van der Waals surface area contributed by atoms with Gasteiger partial charge in [-0.2, -0.15) is 0 Å². The number of nitrogens with one attached hydrogen (secondary N) is 1. The molecule has 0 fully saturated rings. The van der Waals surface area contributed by atoms with Crippen LogP contribution in [-0.2, 0) is 14.3 Å². The molecule has 184 valence electrons. The quantitative estimate of drug-likeness (QED) is 0.152. The summed E-state index contributed by atoms with van der Waals surface area (Å²) in [6.45, 7) is 7.68. The number of carbonyl (C=O) groups excluding carboxylic acids is 1. The van der Waals surface area contributed by atoms with Crippen LogP contribution in [0.2, 0.25) is 0 Å². The summed E-state index contributed by atoms with van der Waals surface area (Å²) in [6, 6.07) is 0. The zero-order chi connectivity index (χ0) is 23.0. The summed E-state index contributed by atoms with van der Waals surface area (Å²) < 4.78 is 10.9. The van der Waals surface area contributed by atoms with Crippen LogP contribution in [0.1, 0.15) is 111 Å². The van der Waals surface area contributed by atoms with Crippen LogP contribution >= 0.6 is 0 Å². The number of carbonyl (C=O) groups is 1. The first-order chi connectivity index (χ1) is 15.1. The fourth-order valence-corrected chi connectivity index (χ4v) is 3.31. The van der Waals surface area contributed by atoms with Crippen molar-refractivity contribution in [2.45, 2.75) is 123 Å². The van der Waals surface area contributed by atoms with Gasteiger partial charge in [0.05, 0.1) is 32.0 Å². The average molecular weight is 442 g/mol. The Kier molecular flexibility index (Phi) is 23.0. The number of rotatable bonds is 23. The molecule has 2 unspecified atom stereocenters. The number of unbranched alkanes of at least 4 members (excludes halogenated alkanes) is 11. The third-order valence-corrected chi connectivity index (χ3v) is 5.21. The molecule has 0 aromatic rings. The molecule has 0 aliphatic rings. The van der Waals surface area contributed by atoms with Crippen LogP contribution < -0.4 is 5.32 Å². The Morgan fingerprint density at radius 2 is 1.45 bits per heavy atom. The molecular weight excluding hydrogens is 390 g/mol. The lowest BCUT2D eigenvalue weighted by Crippen LogP contribution is -2.28. The van der Waals surface area contributed by atoms with E-state index < -0.39 is 6.10 Å². The van der Waals surface area contributed by atoms with E-state index in [0.717, 1.165) is 12.8 Å². The van der Waals surface area contributed by atoms with Gasteiger partial charge in [0, 0.05) is 13.0 Å². The summed E-state index contributed by atoms with van der Waals surface area (Å²) in [5, 5.41) is 12.1. The molecule has 0 saturated heterocycles. The average Bonchev–Trinajstić information content (AvgIpc) is 2.74. The van der Waals surface area contributed by atoms with Gasteiger partial charge in [0.15, 0.2) is 0 Å². The molecule has 0 rings (SSSR count). The third-order valence-electron chi connectivity index (χ3n) is 5.21. The lowest BCUT2D eigenvalue weighted by Gasteiger charge is -2.14. The topological polar surface area (TPSA) is 67.8 Å². The lowest BCUT2D eigenvalue weighted by molar-refractivity contribution is -0.121. The molecule has 5 heteroatoms. The molecule has 0 heterocycles. The van der Waals surface area contributed by atoms with Gasteiger partial charge in [0.25, 0.3) is 0 Å². The second kappa shape index (κ2) is 23.7. The van der Waals surface area contributed by atoms with Gasteiger partial charge < -0.3 is 19.9 Å². The number of hydrogen-bond donors (Lipinski definition) is 2. The Bertz CT molecular complexity index is 412. The standard InChI is InChI=1S/C26H51NO4/c1-4-5-6-7-8-9-10-11-12-13-14-15-16-17-18-19-26(29)27-20-21-30-23-25(3)31-22-24(2)28/h11-12,24-25,28H,4-10,13-23H2,1-3H3,(H,27,29)/b12-11-. The molecule has 2 N–H and O–H groups in total. The highest BCUT2D eigenvalue weighted by Crippen LogP contribution is 2.10. The van der Waals surface area contributed by atoms with Crippen LogP contribution in [-0.4, -0.2) is 49.6 Å². The predicted molar refractivity (Wildman–Crippen MR) is 130 cm³/mol. The van der Waals surface area contributed by atoms with Gasteiger partial charge in [-0.3, -0.25) is 4.79 Å². The molecule has 0 radical (unpaired) electrons. The minimum atomic E-state index is -0.460. The molecule has 0 aliphatic carbocycles. The summed E-state index contributed by atoms with van der Waals surface area (Å²) in [5.41, 5.74) is 0. The Labute approximate surface area is 192 Å². The summed E-state index contributed by atoms with van der Waals surface area (Å²) in [5.74, 6) is 0.111. The second-order valence-corrected chi connectivity index (χ2v) is 8.75. The zero-order valence-corrected chi connectivity index (χ0v) is 20.7. The second-order valence-electron chi connectivity index (χ2n) is 8.75. The predicted octanol–water partition coefficient (Wildman–Crippen LogP) is 5.94. The van der Waals surface area contributed by atoms with Crippen molar-refractivity contribution in [3.8, 4) is 0 Å². The van der Waals surface area contributed by atoms with Crippen molar-refractivity contribution < 1.29 is 19.4 Å². The van der Waals surface area contributed by atoms with E-state index in [-0.39, 0.29) is 12.0 Å². The molecule has 31 heavy (non-hydrogen) atoms. The van der Waals surface area contributed by atoms with Gasteiger partial charge in [-0.15, -0.1) is 0 Å². The summed E-state index contributed by atoms with van der Waals surface area (Å²) in [7, 11) is 0. The summed E-state index contributed by atoms with van der Waals surface area (Å²) >= 11 is 0. The molecule has 0 spiro atoms. The van der Waals surface area contributed by atoms with E-state index in [4.69, 9.17) is 14.6 Å². The van der Waals surface area contributed by atoms with E-state index in [9.17, 15) is 4.79 Å². The molecule has 0 aliphatic heterocycles. The van der Waals surface area contributed by atoms with E-state index in [2.05, 4.69) is 24.4 Å².